The van der Waals surface area contributed by atoms with E-state index in [-0.39, 0.29) is 17.3 Å². The highest BCUT2D eigenvalue weighted by Gasteiger charge is 2.22. The second-order valence-electron chi connectivity index (χ2n) is 3.57. The number of nitrogen functional groups attached to an aromatic ring is 1. The Kier molecular flexibility index (Phi) is 3.50. The molecule has 1 saturated heterocycles. The zero-order valence-electron chi connectivity index (χ0n) is 9.15. The summed E-state index contributed by atoms with van der Waals surface area (Å²) < 4.78 is 18.9. The molecule has 0 spiro atoms. The molecule has 1 amide bonds. The van der Waals surface area contributed by atoms with Crippen LogP contribution in [0.5, 0.6) is 0 Å². The molecule has 0 saturated carbocycles. The van der Waals surface area contributed by atoms with Crippen LogP contribution in [0.15, 0.2) is 12.3 Å². The van der Waals surface area contributed by atoms with Gasteiger partial charge in [0.05, 0.1) is 18.8 Å². The summed E-state index contributed by atoms with van der Waals surface area (Å²) in [4.78, 5) is 17.2. The smallest absolute Gasteiger partial charge is 0.257 e. The van der Waals surface area contributed by atoms with Crippen molar-refractivity contribution in [2.24, 2.45) is 5.84 Å². The highest BCUT2D eigenvalue weighted by molar-refractivity contribution is 5.95. The van der Waals surface area contributed by atoms with Gasteiger partial charge in [0.2, 0.25) is 0 Å². The standard InChI is InChI=1S/C10H13FN4O2/c11-8-7(1-2-13-9(8)14-12)10(16)15-3-5-17-6-4-15/h1-2H,3-6,12H2,(H,13,14). The summed E-state index contributed by atoms with van der Waals surface area (Å²) in [6.45, 7) is 1.87. The average Bonchev–Trinajstić information content (AvgIpc) is 2.39. The van der Waals surface area contributed by atoms with Crippen LogP contribution in [0, 0.1) is 5.82 Å². The van der Waals surface area contributed by atoms with Crippen molar-refractivity contribution in [1.82, 2.24) is 9.88 Å². The molecule has 1 aliphatic rings. The normalized spacial score (nSPS) is 15.8. The zero-order valence-corrected chi connectivity index (χ0v) is 9.15. The van der Waals surface area contributed by atoms with E-state index in [1.165, 1.54) is 12.3 Å². The highest BCUT2D eigenvalue weighted by atomic mass is 19.1. The van der Waals surface area contributed by atoms with Crippen molar-refractivity contribution >= 4 is 11.7 Å². The highest BCUT2D eigenvalue weighted by Crippen LogP contribution is 2.16. The maximum absolute atomic E-state index is 13.8. The van der Waals surface area contributed by atoms with Crippen molar-refractivity contribution in [3.05, 3.63) is 23.6 Å². The number of hydrazine groups is 1. The number of nitrogens with one attached hydrogen (secondary N) is 1. The third-order valence-electron chi connectivity index (χ3n) is 2.55. The van der Waals surface area contributed by atoms with Crippen LogP contribution in [0.2, 0.25) is 0 Å². The number of pyridine rings is 1. The quantitative estimate of drug-likeness (QED) is 0.561. The number of hydrogen-bond acceptors (Lipinski definition) is 5. The summed E-state index contributed by atoms with van der Waals surface area (Å²) >= 11 is 0. The number of aromatic nitrogens is 1. The number of nitrogens with zero attached hydrogens (tertiary/aromatic N) is 2. The first-order chi connectivity index (χ1) is 8.24. The van der Waals surface area contributed by atoms with Crippen LogP contribution in [-0.4, -0.2) is 42.1 Å². The molecule has 0 aromatic carbocycles. The van der Waals surface area contributed by atoms with Gasteiger partial charge in [-0.15, -0.1) is 0 Å². The maximum Gasteiger partial charge on any atom is 0.257 e. The molecule has 1 aromatic heterocycles. The zero-order chi connectivity index (χ0) is 12.3. The summed E-state index contributed by atoms with van der Waals surface area (Å²) in [5.41, 5.74) is 2.08. The SMILES string of the molecule is NNc1nccc(C(=O)N2CCOCC2)c1F. The van der Waals surface area contributed by atoms with Crippen LogP contribution in [0.3, 0.4) is 0 Å². The van der Waals surface area contributed by atoms with E-state index in [2.05, 4.69) is 10.4 Å². The summed E-state index contributed by atoms with van der Waals surface area (Å²) in [6.07, 6.45) is 1.34. The van der Waals surface area contributed by atoms with Crippen molar-refractivity contribution in [3.63, 3.8) is 0 Å². The third kappa shape index (κ3) is 2.34. The van der Waals surface area contributed by atoms with Crippen molar-refractivity contribution in [2.45, 2.75) is 0 Å². The Morgan fingerprint density at radius 1 is 1.53 bits per heavy atom. The molecule has 92 valence electrons. The maximum atomic E-state index is 13.8. The Morgan fingerprint density at radius 2 is 2.24 bits per heavy atom. The molecular formula is C10H13FN4O2. The third-order valence-corrected chi connectivity index (χ3v) is 2.55. The molecule has 1 fully saturated rings. The molecule has 2 heterocycles. The average molecular weight is 240 g/mol. The molecule has 0 unspecified atom stereocenters. The van der Waals surface area contributed by atoms with Gasteiger partial charge >= 0.3 is 0 Å². The Labute approximate surface area is 97.5 Å². The van der Waals surface area contributed by atoms with E-state index in [1.807, 2.05) is 0 Å². The van der Waals surface area contributed by atoms with Crippen molar-refractivity contribution in [2.75, 3.05) is 31.7 Å². The number of hydrogen-bond donors (Lipinski definition) is 2. The van der Waals surface area contributed by atoms with E-state index < -0.39 is 5.82 Å². The minimum absolute atomic E-state index is 0.0325. The Morgan fingerprint density at radius 3 is 2.88 bits per heavy atom. The molecule has 7 heteroatoms. The molecular weight excluding hydrogens is 227 g/mol. The van der Waals surface area contributed by atoms with Gasteiger partial charge in [0.15, 0.2) is 11.6 Å². The van der Waals surface area contributed by atoms with Gasteiger partial charge in [-0.3, -0.25) is 4.79 Å². The van der Waals surface area contributed by atoms with E-state index in [0.29, 0.717) is 26.3 Å². The summed E-state index contributed by atoms with van der Waals surface area (Å²) in [6, 6.07) is 1.34. The number of nitrogens with two attached hydrogens (primary N) is 1. The number of ether oxygens (including phenoxy) is 1. The lowest BCUT2D eigenvalue weighted by Gasteiger charge is -2.27. The fraction of sp³-hybridized carbons (Fsp3) is 0.400. The summed E-state index contributed by atoms with van der Waals surface area (Å²) in [5.74, 6) is 3.86. The number of carbonyl (C=O) groups is 1. The lowest BCUT2D eigenvalue weighted by atomic mass is 10.2. The van der Waals surface area contributed by atoms with E-state index >= 15 is 0 Å². The first kappa shape index (κ1) is 11.7. The molecule has 0 radical (unpaired) electrons. The first-order valence-electron chi connectivity index (χ1n) is 5.22. The molecule has 0 atom stereocenters. The van der Waals surface area contributed by atoms with Crippen LogP contribution in [0.4, 0.5) is 10.2 Å². The van der Waals surface area contributed by atoms with Gasteiger partial charge < -0.3 is 15.1 Å². The van der Waals surface area contributed by atoms with Gasteiger partial charge in [-0.25, -0.2) is 15.2 Å². The minimum atomic E-state index is -0.730. The number of halogens is 1. The van der Waals surface area contributed by atoms with E-state index in [1.54, 1.807) is 4.90 Å². The Bertz CT molecular complexity index is 421. The fourth-order valence-corrected chi connectivity index (χ4v) is 1.65. The van der Waals surface area contributed by atoms with Crippen LogP contribution >= 0.6 is 0 Å². The van der Waals surface area contributed by atoms with E-state index in [9.17, 15) is 9.18 Å². The predicted molar refractivity (Wildman–Crippen MR) is 58.7 cm³/mol. The van der Waals surface area contributed by atoms with Crippen molar-refractivity contribution in [3.8, 4) is 0 Å². The number of rotatable bonds is 2. The lowest BCUT2D eigenvalue weighted by molar-refractivity contribution is 0.0300. The number of carbonyl (C=O) groups excluding carboxylic acids is 1. The van der Waals surface area contributed by atoms with Gasteiger partial charge in [0, 0.05) is 19.3 Å². The van der Waals surface area contributed by atoms with Crippen molar-refractivity contribution < 1.29 is 13.9 Å². The molecule has 0 aliphatic carbocycles. The predicted octanol–water partition coefficient (Wildman–Crippen LogP) is -0.0213. The van der Waals surface area contributed by atoms with Gasteiger partial charge in [-0.1, -0.05) is 0 Å². The van der Waals surface area contributed by atoms with Crippen LogP contribution in [0.25, 0.3) is 0 Å². The first-order valence-corrected chi connectivity index (χ1v) is 5.22. The second-order valence-corrected chi connectivity index (χ2v) is 3.57. The topological polar surface area (TPSA) is 80.5 Å². The number of morpholine rings is 1. The summed E-state index contributed by atoms with van der Waals surface area (Å²) in [7, 11) is 0. The lowest BCUT2D eigenvalue weighted by Crippen LogP contribution is -2.41. The molecule has 1 aliphatic heterocycles. The monoisotopic (exact) mass is 240 g/mol. The minimum Gasteiger partial charge on any atom is -0.378 e. The largest absolute Gasteiger partial charge is 0.378 e. The number of amides is 1. The molecule has 6 nitrogen and oxygen atoms in total. The molecule has 2 rings (SSSR count). The van der Waals surface area contributed by atoms with Gasteiger partial charge in [-0.2, -0.15) is 0 Å². The van der Waals surface area contributed by atoms with E-state index in [0.717, 1.165) is 0 Å². The van der Waals surface area contributed by atoms with Crippen LogP contribution in [0.1, 0.15) is 10.4 Å². The van der Waals surface area contributed by atoms with Crippen LogP contribution < -0.4 is 11.3 Å². The second kappa shape index (κ2) is 5.07. The number of anilines is 1. The fourth-order valence-electron chi connectivity index (χ4n) is 1.65. The Hall–Kier alpha value is -1.73. The molecule has 3 N–H and O–H groups in total. The molecule has 17 heavy (non-hydrogen) atoms. The van der Waals surface area contributed by atoms with E-state index in [4.69, 9.17) is 10.6 Å². The van der Waals surface area contributed by atoms with Gasteiger partial charge in [0.25, 0.3) is 5.91 Å². The molecule has 1 aromatic rings. The van der Waals surface area contributed by atoms with Crippen molar-refractivity contribution in [1.29, 1.82) is 0 Å². The van der Waals surface area contributed by atoms with Crippen LogP contribution in [-0.2, 0) is 4.74 Å². The van der Waals surface area contributed by atoms with Gasteiger partial charge in [0.1, 0.15) is 0 Å². The van der Waals surface area contributed by atoms with Gasteiger partial charge in [-0.05, 0) is 6.07 Å². The summed E-state index contributed by atoms with van der Waals surface area (Å²) in [5, 5.41) is 0. The Balaban J connectivity index is 2.23. The molecule has 0 bridgehead atoms.